The third-order valence-corrected chi connectivity index (χ3v) is 6.31. The van der Waals surface area contributed by atoms with E-state index in [0.29, 0.717) is 18.2 Å². The SMILES string of the molecule is C[C@@]1(O)[C@H](O)[C@@H](CO)O[C@H]1N1CC(c2cccc3ccccc23)c2c(N)ncnc21. The molecule has 0 bridgehead atoms. The third kappa shape index (κ3) is 2.69. The summed E-state index contributed by atoms with van der Waals surface area (Å²) in [6.45, 7) is 1.55. The van der Waals surface area contributed by atoms with Gasteiger partial charge in [-0.05, 0) is 23.3 Å². The Kier molecular flexibility index (Phi) is 4.41. The van der Waals surface area contributed by atoms with Gasteiger partial charge >= 0.3 is 0 Å². The van der Waals surface area contributed by atoms with Crippen molar-refractivity contribution in [1.29, 1.82) is 0 Å². The molecule has 30 heavy (non-hydrogen) atoms. The van der Waals surface area contributed by atoms with Gasteiger partial charge in [0, 0.05) is 18.0 Å². The predicted molar refractivity (Wildman–Crippen MR) is 112 cm³/mol. The highest BCUT2D eigenvalue weighted by Crippen LogP contribution is 2.47. The standard InChI is InChI=1S/C22H24N4O4/c1-22(29)18(28)16(10-27)30-21(22)26-9-15(17-19(23)24-11-25-20(17)26)14-8-4-6-12-5-2-3-7-13(12)14/h2-8,11,15-16,18,21,27-29H,9-10H2,1H3,(H2,23,24,25)/t15?,16-,18-,21-,22-/m1/s1. The number of rotatable bonds is 3. The molecule has 2 aliphatic heterocycles. The zero-order valence-corrected chi connectivity index (χ0v) is 16.5. The fraction of sp³-hybridized carbons (Fsp3) is 0.364. The van der Waals surface area contributed by atoms with Crippen LogP contribution in [0.1, 0.15) is 24.0 Å². The first kappa shape index (κ1) is 19.2. The van der Waals surface area contributed by atoms with E-state index in [1.807, 2.05) is 23.1 Å². The molecule has 0 spiro atoms. The van der Waals surface area contributed by atoms with E-state index in [-0.39, 0.29) is 5.92 Å². The third-order valence-electron chi connectivity index (χ3n) is 6.31. The highest BCUT2D eigenvalue weighted by atomic mass is 16.6. The Bertz CT molecular complexity index is 1100. The van der Waals surface area contributed by atoms with Gasteiger partial charge in [-0.3, -0.25) is 0 Å². The van der Waals surface area contributed by atoms with Crippen molar-refractivity contribution in [3.63, 3.8) is 0 Å². The smallest absolute Gasteiger partial charge is 0.163 e. The number of aromatic nitrogens is 2. The second-order valence-corrected chi connectivity index (χ2v) is 8.15. The number of fused-ring (bicyclic) bond motifs is 2. The number of aliphatic hydroxyl groups excluding tert-OH is 2. The van der Waals surface area contributed by atoms with Crippen LogP contribution in [-0.4, -0.2) is 62.5 Å². The van der Waals surface area contributed by atoms with Crippen LogP contribution in [0.25, 0.3) is 10.8 Å². The number of nitrogens with zero attached hydrogens (tertiary/aromatic N) is 3. The van der Waals surface area contributed by atoms with Gasteiger partial charge in [0.1, 0.15) is 35.8 Å². The van der Waals surface area contributed by atoms with Gasteiger partial charge < -0.3 is 30.7 Å². The van der Waals surface area contributed by atoms with Crippen LogP contribution >= 0.6 is 0 Å². The van der Waals surface area contributed by atoms with Crippen molar-refractivity contribution >= 4 is 22.4 Å². The Balaban J connectivity index is 1.63. The van der Waals surface area contributed by atoms with E-state index in [4.69, 9.17) is 10.5 Å². The molecule has 0 saturated carbocycles. The van der Waals surface area contributed by atoms with Crippen molar-refractivity contribution in [2.24, 2.45) is 0 Å². The van der Waals surface area contributed by atoms with Crippen molar-refractivity contribution in [3.8, 4) is 0 Å². The molecule has 8 heteroatoms. The topological polar surface area (TPSA) is 125 Å². The van der Waals surface area contributed by atoms with Gasteiger partial charge in [0.2, 0.25) is 0 Å². The largest absolute Gasteiger partial charge is 0.394 e. The number of hydrogen-bond donors (Lipinski definition) is 4. The summed E-state index contributed by atoms with van der Waals surface area (Å²) in [5, 5.41) is 33.2. The van der Waals surface area contributed by atoms with Gasteiger partial charge in [-0.2, -0.15) is 0 Å². The lowest BCUT2D eigenvalue weighted by Crippen LogP contribution is -2.53. The molecule has 2 aliphatic rings. The van der Waals surface area contributed by atoms with Gasteiger partial charge in [0.15, 0.2) is 6.23 Å². The Hall–Kier alpha value is -2.78. The van der Waals surface area contributed by atoms with Crippen LogP contribution in [0.15, 0.2) is 48.8 Å². The number of aliphatic hydroxyl groups is 3. The number of nitrogen functional groups attached to an aromatic ring is 1. The molecule has 8 nitrogen and oxygen atoms in total. The van der Waals surface area contributed by atoms with Gasteiger partial charge in [-0.1, -0.05) is 42.5 Å². The summed E-state index contributed by atoms with van der Waals surface area (Å²) in [7, 11) is 0. The molecular formula is C22H24N4O4. The lowest BCUT2D eigenvalue weighted by Gasteiger charge is -2.34. The van der Waals surface area contributed by atoms with Crippen molar-refractivity contribution in [2.75, 3.05) is 23.8 Å². The Labute approximate surface area is 173 Å². The number of nitrogens with two attached hydrogens (primary N) is 1. The molecule has 5 rings (SSSR count). The van der Waals surface area contributed by atoms with Crippen LogP contribution in [0, 0.1) is 0 Å². The minimum Gasteiger partial charge on any atom is -0.394 e. The molecule has 5 N–H and O–H groups in total. The molecule has 3 aromatic rings. The lowest BCUT2D eigenvalue weighted by atomic mass is 9.90. The normalized spacial score (nSPS) is 30.7. The number of hydrogen-bond acceptors (Lipinski definition) is 8. The molecule has 0 radical (unpaired) electrons. The van der Waals surface area contributed by atoms with Crippen molar-refractivity contribution in [3.05, 3.63) is 59.9 Å². The van der Waals surface area contributed by atoms with E-state index in [1.165, 1.54) is 13.3 Å². The van der Waals surface area contributed by atoms with Gasteiger partial charge in [-0.25, -0.2) is 9.97 Å². The van der Waals surface area contributed by atoms with Crippen LogP contribution in [0.4, 0.5) is 11.6 Å². The number of ether oxygens (including phenoxy) is 1. The fourth-order valence-corrected chi connectivity index (χ4v) is 4.78. The zero-order valence-electron chi connectivity index (χ0n) is 16.5. The summed E-state index contributed by atoms with van der Waals surface area (Å²) in [5.41, 5.74) is 6.54. The maximum atomic E-state index is 11.0. The second kappa shape index (κ2) is 6.88. The van der Waals surface area contributed by atoms with Crippen molar-refractivity contribution in [2.45, 2.75) is 36.9 Å². The summed E-state index contributed by atoms with van der Waals surface area (Å²) in [6.07, 6.45) is -1.62. The average molecular weight is 408 g/mol. The predicted octanol–water partition coefficient (Wildman–Crippen LogP) is 0.993. The molecule has 2 aromatic carbocycles. The Morgan fingerprint density at radius 1 is 1.20 bits per heavy atom. The Morgan fingerprint density at radius 2 is 1.97 bits per heavy atom. The van der Waals surface area contributed by atoms with Crippen LogP contribution < -0.4 is 10.6 Å². The minimum atomic E-state index is -1.60. The molecule has 5 atom stereocenters. The first-order chi connectivity index (χ1) is 14.4. The van der Waals surface area contributed by atoms with Crippen LogP contribution in [-0.2, 0) is 4.74 Å². The van der Waals surface area contributed by atoms with Crippen molar-refractivity contribution < 1.29 is 20.1 Å². The molecule has 1 saturated heterocycles. The van der Waals surface area contributed by atoms with Crippen LogP contribution in [0.5, 0.6) is 0 Å². The van der Waals surface area contributed by atoms with Gasteiger partial charge in [-0.15, -0.1) is 0 Å². The Morgan fingerprint density at radius 3 is 2.73 bits per heavy atom. The molecular weight excluding hydrogens is 384 g/mol. The number of anilines is 2. The summed E-state index contributed by atoms with van der Waals surface area (Å²) in [4.78, 5) is 10.5. The van der Waals surface area contributed by atoms with Crippen LogP contribution in [0.3, 0.4) is 0 Å². The van der Waals surface area contributed by atoms with E-state index in [2.05, 4.69) is 34.2 Å². The molecule has 1 aromatic heterocycles. The first-order valence-electron chi connectivity index (χ1n) is 9.95. The molecule has 1 unspecified atom stereocenters. The maximum Gasteiger partial charge on any atom is 0.163 e. The summed E-state index contributed by atoms with van der Waals surface area (Å²) in [5.74, 6) is 0.797. The average Bonchev–Trinajstić information content (AvgIpc) is 3.23. The minimum absolute atomic E-state index is 0.142. The van der Waals surface area contributed by atoms with E-state index in [9.17, 15) is 15.3 Å². The molecule has 3 heterocycles. The first-order valence-corrected chi connectivity index (χ1v) is 9.95. The summed E-state index contributed by atoms with van der Waals surface area (Å²) >= 11 is 0. The number of benzene rings is 2. The maximum absolute atomic E-state index is 11.0. The van der Waals surface area contributed by atoms with E-state index >= 15 is 0 Å². The summed E-state index contributed by atoms with van der Waals surface area (Å²) in [6, 6.07) is 14.3. The molecule has 0 amide bonds. The second-order valence-electron chi connectivity index (χ2n) is 8.15. The highest BCUT2D eigenvalue weighted by molar-refractivity contribution is 5.87. The molecule has 0 aliphatic carbocycles. The van der Waals surface area contributed by atoms with E-state index in [0.717, 1.165) is 21.9 Å². The lowest BCUT2D eigenvalue weighted by molar-refractivity contribution is -0.0633. The van der Waals surface area contributed by atoms with E-state index in [1.54, 1.807) is 0 Å². The summed E-state index contributed by atoms with van der Waals surface area (Å²) < 4.78 is 5.87. The van der Waals surface area contributed by atoms with Gasteiger partial charge in [0.05, 0.1) is 6.61 Å². The quantitative estimate of drug-likeness (QED) is 0.506. The zero-order chi connectivity index (χ0) is 21.0. The monoisotopic (exact) mass is 408 g/mol. The highest BCUT2D eigenvalue weighted by Gasteiger charge is 2.56. The van der Waals surface area contributed by atoms with Crippen molar-refractivity contribution in [1.82, 2.24) is 9.97 Å². The molecule has 1 fully saturated rings. The van der Waals surface area contributed by atoms with E-state index < -0.39 is 30.6 Å². The fourth-order valence-electron chi connectivity index (χ4n) is 4.78. The van der Waals surface area contributed by atoms with Gasteiger partial charge in [0.25, 0.3) is 0 Å². The van der Waals surface area contributed by atoms with Crippen LogP contribution in [0.2, 0.25) is 0 Å². The molecule has 156 valence electrons.